The molecule has 0 aliphatic carbocycles. The van der Waals surface area contributed by atoms with Crippen LogP contribution in [0.3, 0.4) is 0 Å². The average Bonchev–Trinajstić information content (AvgIpc) is 2.48. The van der Waals surface area contributed by atoms with Crippen molar-refractivity contribution in [2.45, 2.75) is 40.5 Å². The van der Waals surface area contributed by atoms with E-state index in [1.54, 1.807) is 6.20 Å². The van der Waals surface area contributed by atoms with E-state index >= 15 is 0 Å². The van der Waals surface area contributed by atoms with Gasteiger partial charge < -0.3 is 9.80 Å². The maximum atomic E-state index is 12.2. The van der Waals surface area contributed by atoms with Gasteiger partial charge in [0, 0.05) is 32.4 Å². The third kappa shape index (κ3) is 4.22. The van der Waals surface area contributed by atoms with Crippen LogP contribution in [0.15, 0.2) is 18.3 Å². The fourth-order valence-electron chi connectivity index (χ4n) is 2.27. The summed E-state index contributed by atoms with van der Waals surface area (Å²) in [6.45, 7) is 11.8. The molecule has 0 atom stereocenters. The Morgan fingerprint density at radius 1 is 1.05 bits per heavy atom. The summed E-state index contributed by atoms with van der Waals surface area (Å²) in [6, 6.07) is 3.85. The molecule has 0 unspecified atom stereocenters. The standard InChI is InChI=1S/C16H27N3O/c1-5-11-19(12-6-2)15-10-9-14(13-17-15)16(20)18(7-3)8-4/h9-10,13H,5-8,11-12H2,1-4H3. The number of hydrogen-bond acceptors (Lipinski definition) is 3. The fraction of sp³-hybridized carbons (Fsp3) is 0.625. The first-order chi connectivity index (χ1) is 9.67. The monoisotopic (exact) mass is 277 g/mol. The lowest BCUT2D eigenvalue weighted by molar-refractivity contribution is 0.0772. The van der Waals surface area contributed by atoms with Crippen LogP contribution >= 0.6 is 0 Å². The van der Waals surface area contributed by atoms with Crippen LogP contribution in [0.2, 0.25) is 0 Å². The molecular weight excluding hydrogens is 250 g/mol. The molecule has 0 spiro atoms. The lowest BCUT2D eigenvalue weighted by Crippen LogP contribution is -2.31. The molecule has 0 aliphatic heterocycles. The first kappa shape index (κ1) is 16.5. The van der Waals surface area contributed by atoms with E-state index in [9.17, 15) is 4.79 Å². The van der Waals surface area contributed by atoms with Crippen molar-refractivity contribution in [3.05, 3.63) is 23.9 Å². The smallest absolute Gasteiger partial charge is 0.255 e. The summed E-state index contributed by atoms with van der Waals surface area (Å²) in [5, 5.41) is 0. The van der Waals surface area contributed by atoms with E-state index in [-0.39, 0.29) is 5.91 Å². The zero-order chi connectivity index (χ0) is 15.0. The Bertz CT molecular complexity index is 393. The molecule has 1 aromatic heterocycles. The first-order valence-corrected chi connectivity index (χ1v) is 7.68. The second-order valence-electron chi connectivity index (χ2n) is 4.87. The van der Waals surface area contributed by atoms with E-state index in [0.29, 0.717) is 5.56 Å². The van der Waals surface area contributed by atoms with Gasteiger partial charge in [0.1, 0.15) is 5.82 Å². The molecule has 0 bridgehead atoms. The summed E-state index contributed by atoms with van der Waals surface area (Å²) < 4.78 is 0. The second-order valence-corrected chi connectivity index (χ2v) is 4.87. The molecule has 4 nitrogen and oxygen atoms in total. The molecule has 1 heterocycles. The topological polar surface area (TPSA) is 36.4 Å². The number of carbonyl (C=O) groups excluding carboxylic acids is 1. The zero-order valence-corrected chi connectivity index (χ0v) is 13.2. The predicted octanol–water partition coefficient (Wildman–Crippen LogP) is 3.19. The Kier molecular flexibility index (Phi) is 7.05. The maximum absolute atomic E-state index is 12.2. The molecule has 0 radical (unpaired) electrons. The van der Waals surface area contributed by atoms with Gasteiger partial charge in [0.15, 0.2) is 0 Å². The van der Waals surface area contributed by atoms with Crippen LogP contribution in [0.25, 0.3) is 0 Å². The molecule has 4 heteroatoms. The molecule has 0 N–H and O–H groups in total. The van der Waals surface area contributed by atoms with E-state index in [1.165, 1.54) is 0 Å². The number of rotatable bonds is 8. The summed E-state index contributed by atoms with van der Waals surface area (Å²) in [4.78, 5) is 20.8. The third-order valence-electron chi connectivity index (χ3n) is 3.36. The van der Waals surface area contributed by atoms with Crippen molar-refractivity contribution in [3.8, 4) is 0 Å². The predicted molar refractivity (Wildman–Crippen MR) is 84.3 cm³/mol. The third-order valence-corrected chi connectivity index (χ3v) is 3.36. The number of nitrogens with zero attached hydrogens (tertiary/aromatic N) is 3. The van der Waals surface area contributed by atoms with Gasteiger partial charge in [0.25, 0.3) is 5.91 Å². The molecule has 0 saturated carbocycles. The van der Waals surface area contributed by atoms with E-state index < -0.39 is 0 Å². The van der Waals surface area contributed by atoms with E-state index in [2.05, 4.69) is 23.7 Å². The fourth-order valence-corrected chi connectivity index (χ4v) is 2.27. The lowest BCUT2D eigenvalue weighted by Gasteiger charge is -2.23. The van der Waals surface area contributed by atoms with Crippen LogP contribution in [0.1, 0.15) is 50.9 Å². The Labute approximate surface area is 122 Å². The van der Waals surface area contributed by atoms with E-state index in [1.807, 2.05) is 30.9 Å². The normalized spacial score (nSPS) is 10.4. The van der Waals surface area contributed by atoms with Gasteiger partial charge in [-0.05, 0) is 38.8 Å². The van der Waals surface area contributed by atoms with Crippen molar-refractivity contribution in [1.29, 1.82) is 0 Å². The van der Waals surface area contributed by atoms with Gasteiger partial charge in [0.2, 0.25) is 0 Å². The summed E-state index contributed by atoms with van der Waals surface area (Å²) in [5.74, 6) is 1.02. The van der Waals surface area contributed by atoms with Gasteiger partial charge in [-0.3, -0.25) is 4.79 Å². The number of aromatic nitrogens is 1. The zero-order valence-electron chi connectivity index (χ0n) is 13.2. The minimum Gasteiger partial charge on any atom is -0.357 e. The lowest BCUT2D eigenvalue weighted by atomic mass is 10.2. The molecule has 1 amide bonds. The Morgan fingerprint density at radius 2 is 1.65 bits per heavy atom. The van der Waals surface area contributed by atoms with Crippen LogP contribution < -0.4 is 4.90 Å². The van der Waals surface area contributed by atoms with Crippen molar-refractivity contribution >= 4 is 11.7 Å². The van der Waals surface area contributed by atoms with Crippen molar-refractivity contribution < 1.29 is 4.79 Å². The highest BCUT2D eigenvalue weighted by Crippen LogP contribution is 2.13. The largest absolute Gasteiger partial charge is 0.357 e. The molecule has 1 rings (SSSR count). The van der Waals surface area contributed by atoms with Crippen molar-refractivity contribution in [3.63, 3.8) is 0 Å². The quantitative estimate of drug-likeness (QED) is 0.732. The summed E-state index contributed by atoms with van der Waals surface area (Å²) in [6.07, 6.45) is 3.90. The van der Waals surface area contributed by atoms with Crippen molar-refractivity contribution in [1.82, 2.24) is 9.88 Å². The van der Waals surface area contributed by atoms with Crippen LogP contribution in [-0.2, 0) is 0 Å². The second kappa shape index (κ2) is 8.56. The summed E-state index contributed by atoms with van der Waals surface area (Å²) in [5.41, 5.74) is 0.672. The molecule has 0 fully saturated rings. The molecule has 1 aromatic rings. The van der Waals surface area contributed by atoms with Gasteiger partial charge in [0.05, 0.1) is 5.56 Å². The van der Waals surface area contributed by atoms with Gasteiger partial charge >= 0.3 is 0 Å². The van der Waals surface area contributed by atoms with Crippen LogP contribution in [0.4, 0.5) is 5.82 Å². The average molecular weight is 277 g/mol. The first-order valence-electron chi connectivity index (χ1n) is 7.68. The van der Waals surface area contributed by atoms with Gasteiger partial charge in [-0.2, -0.15) is 0 Å². The Morgan fingerprint density at radius 3 is 2.05 bits per heavy atom. The highest BCUT2D eigenvalue weighted by Gasteiger charge is 2.13. The van der Waals surface area contributed by atoms with Crippen LogP contribution in [-0.4, -0.2) is 42.0 Å². The van der Waals surface area contributed by atoms with E-state index in [4.69, 9.17) is 0 Å². The molecule has 0 aromatic carbocycles. The number of hydrogen-bond donors (Lipinski definition) is 0. The van der Waals surface area contributed by atoms with E-state index in [0.717, 1.165) is 44.8 Å². The number of carbonyl (C=O) groups is 1. The summed E-state index contributed by atoms with van der Waals surface area (Å²) in [7, 11) is 0. The minimum atomic E-state index is 0.0617. The highest BCUT2D eigenvalue weighted by atomic mass is 16.2. The number of amides is 1. The van der Waals surface area contributed by atoms with Gasteiger partial charge in [-0.15, -0.1) is 0 Å². The van der Waals surface area contributed by atoms with Gasteiger partial charge in [-0.1, -0.05) is 13.8 Å². The van der Waals surface area contributed by atoms with Crippen molar-refractivity contribution in [2.75, 3.05) is 31.1 Å². The molecule has 20 heavy (non-hydrogen) atoms. The van der Waals surface area contributed by atoms with Crippen molar-refractivity contribution in [2.24, 2.45) is 0 Å². The Balaban J connectivity index is 2.83. The minimum absolute atomic E-state index is 0.0617. The molecule has 0 saturated heterocycles. The maximum Gasteiger partial charge on any atom is 0.255 e. The van der Waals surface area contributed by atoms with Crippen LogP contribution in [0, 0.1) is 0 Å². The Hall–Kier alpha value is -1.58. The molecular formula is C16H27N3O. The summed E-state index contributed by atoms with van der Waals surface area (Å²) >= 11 is 0. The van der Waals surface area contributed by atoms with Crippen LogP contribution in [0.5, 0.6) is 0 Å². The SMILES string of the molecule is CCCN(CCC)c1ccc(C(=O)N(CC)CC)cn1. The number of pyridine rings is 1. The number of anilines is 1. The van der Waals surface area contributed by atoms with Gasteiger partial charge in [-0.25, -0.2) is 4.98 Å². The molecule has 112 valence electrons. The highest BCUT2D eigenvalue weighted by molar-refractivity contribution is 5.94. The molecule has 0 aliphatic rings.